The molecule has 0 radical (unpaired) electrons. The second-order valence-electron chi connectivity index (χ2n) is 5.26. The van der Waals surface area contributed by atoms with Gasteiger partial charge in [0.15, 0.2) is 0 Å². The summed E-state index contributed by atoms with van der Waals surface area (Å²) < 4.78 is 27.0. The van der Waals surface area contributed by atoms with Crippen LogP contribution in [0.3, 0.4) is 0 Å². The quantitative estimate of drug-likeness (QED) is 0.778. The van der Waals surface area contributed by atoms with Gasteiger partial charge in [0.25, 0.3) is 0 Å². The Labute approximate surface area is 121 Å². The Bertz CT molecular complexity index is 787. The van der Waals surface area contributed by atoms with Crippen LogP contribution >= 0.6 is 0 Å². The maximum Gasteiger partial charge on any atom is 0.126 e. The van der Waals surface area contributed by atoms with Crippen molar-refractivity contribution in [1.29, 1.82) is 0 Å². The molecule has 3 aromatic rings. The molecular weight excluding hydrogens is 270 g/mol. The van der Waals surface area contributed by atoms with Gasteiger partial charge in [0.1, 0.15) is 11.6 Å². The smallest absolute Gasteiger partial charge is 0.126 e. The lowest BCUT2D eigenvalue weighted by Crippen LogP contribution is -2.34. The number of rotatable bonds is 2. The first kappa shape index (κ1) is 13.6. The van der Waals surface area contributed by atoms with Gasteiger partial charge in [0.2, 0.25) is 0 Å². The van der Waals surface area contributed by atoms with E-state index in [1.807, 2.05) is 24.3 Å². The number of halogens is 2. The van der Waals surface area contributed by atoms with Crippen molar-refractivity contribution in [2.75, 3.05) is 0 Å². The van der Waals surface area contributed by atoms with Crippen molar-refractivity contribution in [3.8, 4) is 0 Å². The molecular formula is C17H14F2N2. The Balaban J connectivity index is 2.24. The number of nitrogens with two attached hydrogens (primary N) is 1. The highest BCUT2D eigenvalue weighted by Crippen LogP contribution is 2.32. The summed E-state index contributed by atoms with van der Waals surface area (Å²) in [6, 6.07) is 10.9. The van der Waals surface area contributed by atoms with Crippen LogP contribution < -0.4 is 5.73 Å². The first-order chi connectivity index (χ1) is 9.98. The zero-order valence-electron chi connectivity index (χ0n) is 11.5. The fourth-order valence-corrected chi connectivity index (χ4v) is 2.58. The van der Waals surface area contributed by atoms with Crippen LogP contribution in [-0.4, -0.2) is 4.98 Å². The third kappa shape index (κ3) is 2.38. The minimum atomic E-state index is -1.01. The van der Waals surface area contributed by atoms with E-state index in [0.29, 0.717) is 5.56 Å². The van der Waals surface area contributed by atoms with Crippen molar-refractivity contribution < 1.29 is 8.78 Å². The van der Waals surface area contributed by atoms with Gasteiger partial charge in [-0.15, -0.1) is 0 Å². The van der Waals surface area contributed by atoms with Gasteiger partial charge < -0.3 is 5.73 Å². The summed E-state index contributed by atoms with van der Waals surface area (Å²) in [5.74, 6) is -1.27. The average Bonchev–Trinajstić information content (AvgIpc) is 2.45. The van der Waals surface area contributed by atoms with Gasteiger partial charge >= 0.3 is 0 Å². The highest BCUT2D eigenvalue weighted by atomic mass is 19.1. The first-order valence-electron chi connectivity index (χ1n) is 6.57. The Morgan fingerprint density at radius 1 is 1.05 bits per heavy atom. The Hall–Kier alpha value is -2.33. The molecule has 0 bridgehead atoms. The van der Waals surface area contributed by atoms with Crippen LogP contribution in [0.1, 0.15) is 18.1 Å². The van der Waals surface area contributed by atoms with Crippen molar-refractivity contribution in [1.82, 2.24) is 4.98 Å². The van der Waals surface area contributed by atoms with E-state index in [0.717, 1.165) is 22.4 Å². The van der Waals surface area contributed by atoms with Gasteiger partial charge in [0.05, 0.1) is 5.54 Å². The van der Waals surface area contributed by atoms with Crippen LogP contribution in [0.15, 0.2) is 54.9 Å². The van der Waals surface area contributed by atoms with Crippen molar-refractivity contribution in [2.45, 2.75) is 12.5 Å². The molecule has 0 saturated carbocycles. The van der Waals surface area contributed by atoms with Gasteiger partial charge in [-0.1, -0.05) is 18.2 Å². The molecule has 2 nitrogen and oxygen atoms in total. The van der Waals surface area contributed by atoms with Crippen LogP contribution in [-0.2, 0) is 5.54 Å². The molecule has 0 amide bonds. The zero-order valence-corrected chi connectivity index (χ0v) is 11.5. The second-order valence-corrected chi connectivity index (χ2v) is 5.26. The molecule has 4 heteroatoms. The van der Waals surface area contributed by atoms with Crippen molar-refractivity contribution >= 4 is 10.8 Å². The summed E-state index contributed by atoms with van der Waals surface area (Å²) in [6.07, 6.45) is 3.41. The SMILES string of the molecule is CC(N)(c1cc(F)cc(F)c1)c1cccc2cnccc12. The highest BCUT2D eigenvalue weighted by Gasteiger charge is 2.26. The van der Waals surface area contributed by atoms with Crippen LogP contribution in [0.4, 0.5) is 8.78 Å². The predicted octanol–water partition coefficient (Wildman–Crippen LogP) is 3.74. The molecule has 0 aliphatic rings. The summed E-state index contributed by atoms with van der Waals surface area (Å²) in [5, 5.41) is 1.85. The molecule has 21 heavy (non-hydrogen) atoms. The first-order valence-corrected chi connectivity index (χ1v) is 6.57. The molecule has 1 aromatic heterocycles. The molecule has 1 unspecified atom stereocenters. The summed E-state index contributed by atoms with van der Waals surface area (Å²) in [6.45, 7) is 1.75. The fourth-order valence-electron chi connectivity index (χ4n) is 2.58. The van der Waals surface area contributed by atoms with Crippen molar-refractivity contribution in [3.63, 3.8) is 0 Å². The summed E-state index contributed by atoms with van der Waals surface area (Å²) >= 11 is 0. The largest absolute Gasteiger partial charge is 0.318 e. The predicted molar refractivity (Wildman–Crippen MR) is 78.7 cm³/mol. The van der Waals surface area contributed by atoms with E-state index in [-0.39, 0.29) is 0 Å². The van der Waals surface area contributed by atoms with E-state index in [1.54, 1.807) is 19.3 Å². The van der Waals surface area contributed by atoms with Gasteiger partial charge in [-0.25, -0.2) is 8.78 Å². The topological polar surface area (TPSA) is 38.9 Å². The van der Waals surface area contributed by atoms with E-state index in [1.165, 1.54) is 12.1 Å². The van der Waals surface area contributed by atoms with Crippen LogP contribution in [0.5, 0.6) is 0 Å². The molecule has 0 fully saturated rings. The number of hydrogen-bond donors (Lipinski definition) is 1. The van der Waals surface area contributed by atoms with Gasteiger partial charge in [-0.3, -0.25) is 4.98 Å². The van der Waals surface area contributed by atoms with E-state index < -0.39 is 17.2 Å². The number of pyridine rings is 1. The Kier molecular flexibility index (Phi) is 3.18. The summed E-state index contributed by atoms with van der Waals surface area (Å²) in [7, 11) is 0. The number of aromatic nitrogens is 1. The molecule has 0 aliphatic carbocycles. The summed E-state index contributed by atoms with van der Waals surface area (Å²) in [4.78, 5) is 4.08. The lowest BCUT2D eigenvalue weighted by atomic mass is 9.83. The molecule has 0 aliphatic heterocycles. The number of hydrogen-bond acceptors (Lipinski definition) is 2. The Morgan fingerprint density at radius 2 is 1.76 bits per heavy atom. The molecule has 106 valence electrons. The average molecular weight is 284 g/mol. The third-order valence-electron chi connectivity index (χ3n) is 3.70. The number of benzene rings is 2. The van der Waals surface area contributed by atoms with E-state index in [4.69, 9.17) is 5.73 Å². The monoisotopic (exact) mass is 284 g/mol. The molecule has 0 saturated heterocycles. The van der Waals surface area contributed by atoms with Crippen LogP contribution in [0.2, 0.25) is 0 Å². The highest BCUT2D eigenvalue weighted by molar-refractivity contribution is 5.86. The maximum atomic E-state index is 13.5. The minimum absolute atomic E-state index is 0.393. The van der Waals surface area contributed by atoms with E-state index in [9.17, 15) is 8.78 Å². The molecule has 1 heterocycles. The fraction of sp³-hybridized carbons (Fsp3) is 0.118. The molecule has 3 rings (SSSR count). The number of fused-ring (bicyclic) bond motifs is 1. The minimum Gasteiger partial charge on any atom is -0.318 e. The Morgan fingerprint density at radius 3 is 2.48 bits per heavy atom. The van der Waals surface area contributed by atoms with Gasteiger partial charge in [-0.05, 0) is 41.6 Å². The van der Waals surface area contributed by atoms with Crippen LogP contribution in [0.25, 0.3) is 10.8 Å². The standard InChI is InChI=1S/C17H14F2N2/c1-17(20,12-7-13(18)9-14(19)8-12)16-4-2-3-11-10-21-6-5-15(11)16/h2-10H,20H2,1H3. The van der Waals surface area contributed by atoms with E-state index in [2.05, 4.69) is 4.98 Å². The lowest BCUT2D eigenvalue weighted by molar-refractivity contribution is 0.552. The lowest BCUT2D eigenvalue weighted by Gasteiger charge is -2.27. The summed E-state index contributed by atoms with van der Waals surface area (Å²) in [5.41, 5.74) is 6.59. The van der Waals surface area contributed by atoms with Crippen LogP contribution in [0, 0.1) is 11.6 Å². The van der Waals surface area contributed by atoms with Crippen molar-refractivity contribution in [2.24, 2.45) is 5.73 Å². The number of nitrogens with zero attached hydrogens (tertiary/aromatic N) is 1. The normalized spacial score (nSPS) is 14.1. The molecule has 2 N–H and O–H groups in total. The van der Waals surface area contributed by atoms with Crippen molar-refractivity contribution in [3.05, 3.63) is 77.6 Å². The van der Waals surface area contributed by atoms with E-state index >= 15 is 0 Å². The third-order valence-corrected chi connectivity index (χ3v) is 3.70. The van der Waals surface area contributed by atoms with Gasteiger partial charge in [-0.2, -0.15) is 0 Å². The van der Waals surface area contributed by atoms with Gasteiger partial charge in [0, 0.05) is 23.8 Å². The zero-order chi connectivity index (χ0) is 15.0. The second kappa shape index (κ2) is 4.90. The molecule has 1 atom stereocenters. The molecule has 0 spiro atoms. The maximum absolute atomic E-state index is 13.5. The molecule has 2 aromatic carbocycles.